The maximum Gasteiger partial charge on any atom is 0.323 e. The molecule has 2 heterocycles. The monoisotopic (exact) mass is 552 g/mol. The van der Waals surface area contributed by atoms with E-state index in [1.807, 2.05) is 0 Å². The van der Waals surface area contributed by atoms with E-state index in [0.717, 1.165) is 16.7 Å². The van der Waals surface area contributed by atoms with Gasteiger partial charge in [-0.2, -0.15) is 0 Å². The Bertz CT molecular complexity index is 1810. The summed E-state index contributed by atoms with van der Waals surface area (Å²) in [5.41, 5.74) is -0.837. The van der Waals surface area contributed by atoms with E-state index in [1.165, 1.54) is 30.5 Å². The molecule has 0 aliphatic heterocycles. The standard InChI is InChI=1S/C28H20F4N4O4/c29-18-11-15(12-19(30)23(18)31)13-36-10-4-7-17(27(36)38)26(37)33-21(16-5-2-1-3-6-16)14-40-22-9-8-20-25(24(22)32)35-28(39)34-20/h1-12,21H,13-14H2,(H,33,37)(H2,34,35,39)/t21-/m0/s1. The van der Waals surface area contributed by atoms with Crippen molar-refractivity contribution in [2.45, 2.75) is 12.6 Å². The van der Waals surface area contributed by atoms with Crippen LogP contribution in [0.2, 0.25) is 0 Å². The molecule has 12 heteroatoms. The highest BCUT2D eigenvalue weighted by atomic mass is 19.2. The van der Waals surface area contributed by atoms with Crippen LogP contribution in [0.25, 0.3) is 11.0 Å². The van der Waals surface area contributed by atoms with Crippen LogP contribution in [-0.2, 0) is 6.54 Å². The normalized spacial score (nSPS) is 11.9. The SMILES string of the molecule is O=C(N[C@@H](COc1ccc2[nH]c(=O)[nH]c2c1F)c1ccccc1)c1cccn(Cc2cc(F)c(F)c(F)c2)c1=O. The van der Waals surface area contributed by atoms with Gasteiger partial charge in [0, 0.05) is 6.20 Å². The minimum Gasteiger partial charge on any atom is -0.488 e. The van der Waals surface area contributed by atoms with Gasteiger partial charge in [0.25, 0.3) is 11.5 Å². The molecule has 0 aliphatic rings. The predicted octanol–water partition coefficient (Wildman–Crippen LogP) is 4.17. The fraction of sp³-hybridized carbons (Fsp3) is 0.107. The Morgan fingerprint density at radius 2 is 1.62 bits per heavy atom. The van der Waals surface area contributed by atoms with Gasteiger partial charge in [0.2, 0.25) is 0 Å². The zero-order valence-electron chi connectivity index (χ0n) is 20.5. The fourth-order valence-corrected chi connectivity index (χ4v) is 4.21. The fourth-order valence-electron chi connectivity index (χ4n) is 4.21. The van der Waals surface area contributed by atoms with Crippen molar-refractivity contribution in [3.63, 3.8) is 0 Å². The number of halogens is 4. The van der Waals surface area contributed by atoms with E-state index in [4.69, 9.17) is 4.74 Å². The number of hydrogen-bond acceptors (Lipinski definition) is 4. The highest BCUT2D eigenvalue weighted by Crippen LogP contribution is 2.25. The van der Waals surface area contributed by atoms with E-state index in [0.29, 0.717) is 5.56 Å². The number of aromatic amines is 2. The number of benzene rings is 3. The molecule has 1 amide bonds. The highest BCUT2D eigenvalue weighted by Gasteiger charge is 2.21. The molecule has 3 aromatic carbocycles. The Labute approximate surface area is 222 Å². The largest absolute Gasteiger partial charge is 0.488 e. The first kappa shape index (κ1) is 26.5. The van der Waals surface area contributed by atoms with Crippen molar-refractivity contribution >= 4 is 16.9 Å². The second-order valence-corrected chi connectivity index (χ2v) is 8.86. The second-order valence-electron chi connectivity index (χ2n) is 8.86. The smallest absolute Gasteiger partial charge is 0.323 e. The average molecular weight is 552 g/mol. The van der Waals surface area contributed by atoms with Gasteiger partial charge < -0.3 is 24.6 Å². The number of H-pyrrole nitrogens is 2. The average Bonchev–Trinajstić information content (AvgIpc) is 3.33. The topological polar surface area (TPSA) is 109 Å². The van der Waals surface area contributed by atoms with Crippen molar-refractivity contribution in [2.24, 2.45) is 0 Å². The number of ether oxygens (including phenoxy) is 1. The Kier molecular flexibility index (Phi) is 7.23. The van der Waals surface area contributed by atoms with Gasteiger partial charge in [-0.05, 0) is 47.5 Å². The minimum absolute atomic E-state index is 0.0191. The number of nitrogens with one attached hydrogen (secondary N) is 3. The molecule has 8 nitrogen and oxygen atoms in total. The van der Waals surface area contributed by atoms with Gasteiger partial charge in [-0.3, -0.25) is 9.59 Å². The summed E-state index contributed by atoms with van der Waals surface area (Å²) in [7, 11) is 0. The summed E-state index contributed by atoms with van der Waals surface area (Å²) in [6, 6.07) is 14.8. The van der Waals surface area contributed by atoms with Gasteiger partial charge in [-0.15, -0.1) is 0 Å². The molecule has 0 spiro atoms. The molecule has 0 radical (unpaired) electrons. The number of carbonyl (C=O) groups excluding carboxylic acids is 1. The molecule has 204 valence electrons. The van der Waals surface area contributed by atoms with Crippen LogP contribution in [-0.4, -0.2) is 27.0 Å². The molecule has 0 unspecified atom stereocenters. The van der Waals surface area contributed by atoms with Crippen LogP contribution >= 0.6 is 0 Å². The van der Waals surface area contributed by atoms with Gasteiger partial charge in [-0.1, -0.05) is 30.3 Å². The molecule has 40 heavy (non-hydrogen) atoms. The van der Waals surface area contributed by atoms with Gasteiger partial charge in [0.15, 0.2) is 29.0 Å². The third-order valence-corrected chi connectivity index (χ3v) is 6.17. The number of aromatic nitrogens is 3. The number of imidazole rings is 1. The second kappa shape index (κ2) is 10.9. The zero-order chi connectivity index (χ0) is 28.4. The van der Waals surface area contributed by atoms with E-state index in [2.05, 4.69) is 15.3 Å². The molecular weight excluding hydrogens is 532 g/mol. The number of amides is 1. The number of hydrogen-bond donors (Lipinski definition) is 3. The molecule has 2 aromatic heterocycles. The van der Waals surface area contributed by atoms with Crippen LogP contribution in [0.3, 0.4) is 0 Å². The van der Waals surface area contributed by atoms with Crippen molar-refractivity contribution in [1.82, 2.24) is 19.9 Å². The third-order valence-electron chi connectivity index (χ3n) is 6.17. The minimum atomic E-state index is -1.63. The van der Waals surface area contributed by atoms with Crippen molar-refractivity contribution in [3.05, 3.63) is 134 Å². The Balaban J connectivity index is 1.38. The maximum atomic E-state index is 14.9. The van der Waals surface area contributed by atoms with Crippen molar-refractivity contribution in [2.75, 3.05) is 6.61 Å². The molecule has 0 aliphatic carbocycles. The highest BCUT2D eigenvalue weighted by molar-refractivity contribution is 5.94. The van der Waals surface area contributed by atoms with Crippen LogP contribution in [0, 0.1) is 23.3 Å². The van der Waals surface area contributed by atoms with Crippen LogP contribution < -0.4 is 21.3 Å². The van der Waals surface area contributed by atoms with Gasteiger partial charge in [0.05, 0.1) is 18.1 Å². The third kappa shape index (κ3) is 5.37. The summed E-state index contributed by atoms with van der Waals surface area (Å²) in [4.78, 5) is 42.5. The number of rotatable bonds is 8. The van der Waals surface area contributed by atoms with Crippen molar-refractivity contribution < 1.29 is 27.1 Å². The first-order valence-electron chi connectivity index (χ1n) is 11.9. The lowest BCUT2D eigenvalue weighted by Gasteiger charge is -2.20. The molecule has 0 bridgehead atoms. The molecule has 0 saturated heterocycles. The quantitative estimate of drug-likeness (QED) is 0.198. The summed E-state index contributed by atoms with van der Waals surface area (Å²) in [6.07, 6.45) is 1.32. The van der Waals surface area contributed by atoms with E-state index < -0.39 is 46.5 Å². The molecule has 5 aromatic rings. The van der Waals surface area contributed by atoms with Crippen LogP contribution in [0.4, 0.5) is 17.6 Å². The first-order valence-corrected chi connectivity index (χ1v) is 11.9. The predicted molar refractivity (Wildman–Crippen MR) is 137 cm³/mol. The summed E-state index contributed by atoms with van der Waals surface area (Å²) in [6.45, 7) is -0.551. The van der Waals surface area contributed by atoms with E-state index in [1.54, 1.807) is 30.3 Å². The lowest BCUT2D eigenvalue weighted by molar-refractivity contribution is 0.0918. The Hall–Kier alpha value is -5.13. The van der Waals surface area contributed by atoms with Crippen molar-refractivity contribution in [3.8, 4) is 5.75 Å². The molecule has 0 fully saturated rings. The molecular formula is C28H20F4N4O4. The maximum absolute atomic E-state index is 14.9. The van der Waals surface area contributed by atoms with E-state index >= 15 is 0 Å². The number of carbonyl (C=O) groups is 1. The lowest BCUT2D eigenvalue weighted by atomic mass is 10.1. The summed E-state index contributed by atoms with van der Waals surface area (Å²) >= 11 is 0. The number of fused-ring (bicyclic) bond motifs is 1. The Morgan fingerprint density at radius 3 is 2.35 bits per heavy atom. The summed E-state index contributed by atoms with van der Waals surface area (Å²) in [5, 5.41) is 2.70. The van der Waals surface area contributed by atoms with Crippen LogP contribution in [0.1, 0.15) is 27.5 Å². The number of nitrogens with zero attached hydrogens (tertiary/aromatic N) is 1. The summed E-state index contributed by atoms with van der Waals surface area (Å²) in [5.74, 6) is -6.17. The molecule has 0 saturated carbocycles. The van der Waals surface area contributed by atoms with Crippen LogP contribution in [0.5, 0.6) is 5.75 Å². The number of pyridine rings is 1. The van der Waals surface area contributed by atoms with Crippen LogP contribution in [0.15, 0.2) is 82.5 Å². The molecule has 1 atom stereocenters. The van der Waals surface area contributed by atoms with Gasteiger partial charge >= 0.3 is 5.69 Å². The van der Waals surface area contributed by atoms with Crippen molar-refractivity contribution in [1.29, 1.82) is 0 Å². The first-order chi connectivity index (χ1) is 19.2. The zero-order valence-corrected chi connectivity index (χ0v) is 20.5. The summed E-state index contributed by atoms with van der Waals surface area (Å²) < 4.78 is 62.2. The van der Waals surface area contributed by atoms with E-state index in [9.17, 15) is 31.9 Å². The van der Waals surface area contributed by atoms with Gasteiger partial charge in [0.1, 0.15) is 17.7 Å². The molecule has 5 rings (SSSR count). The Morgan fingerprint density at radius 1 is 0.900 bits per heavy atom. The lowest BCUT2D eigenvalue weighted by Crippen LogP contribution is -2.37. The van der Waals surface area contributed by atoms with E-state index in [-0.39, 0.29) is 41.1 Å². The van der Waals surface area contributed by atoms with Gasteiger partial charge in [-0.25, -0.2) is 22.4 Å². The molecule has 3 N–H and O–H groups in total.